The van der Waals surface area contributed by atoms with Crippen LogP contribution in [0.3, 0.4) is 0 Å². The first kappa shape index (κ1) is 15.8. The van der Waals surface area contributed by atoms with Crippen molar-refractivity contribution in [3.8, 4) is 5.75 Å². The first-order chi connectivity index (χ1) is 11.5. The summed E-state index contributed by atoms with van der Waals surface area (Å²) in [6, 6.07) is 5.23. The van der Waals surface area contributed by atoms with E-state index in [-0.39, 0.29) is 11.5 Å². The van der Waals surface area contributed by atoms with Gasteiger partial charge >= 0.3 is 0 Å². The van der Waals surface area contributed by atoms with E-state index in [4.69, 9.17) is 0 Å². The van der Waals surface area contributed by atoms with Gasteiger partial charge in [0.1, 0.15) is 5.75 Å². The van der Waals surface area contributed by atoms with Gasteiger partial charge in [0.05, 0.1) is 26.2 Å². The van der Waals surface area contributed by atoms with E-state index in [9.17, 15) is 9.90 Å². The molecule has 1 aromatic carbocycles. The van der Waals surface area contributed by atoms with E-state index in [1.807, 2.05) is 13.1 Å². The Morgan fingerprint density at radius 2 is 1.96 bits per heavy atom. The fraction of sp³-hybridized carbons (Fsp3) is 0.222. The fourth-order valence-corrected chi connectivity index (χ4v) is 4.40. The number of nitrogens with zero attached hydrogens (tertiary/aromatic N) is 2. The SMILES string of the molecule is Cn1c(C2CC2)c(C(=O)c2cc(Br)c(O)c(Br)c2)c2ccncc21. The average Bonchev–Trinajstić information content (AvgIpc) is 3.36. The molecule has 4 rings (SSSR count). The molecule has 1 aliphatic carbocycles. The molecule has 0 saturated heterocycles. The monoisotopic (exact) mass is 448 g/mol. The Kier molecular flexibility index (Phi) is 3.77. The summed E-state index contributed by atoms with van der Waals surface area (Å²) in [6.07, 6.45) is 5.75. The molecule has 24 heavy (non-hydrogen) atoms. The highest BCUT2D eigenvalue weighted by molar-refractivity contribution is 9.11. The Hall–Kier alpha value is -1.66. The minimum Gasteiger partial charge on any atom is -0.506 e. The molecule has 122 valence electrons. The second-order valence-electron chi connectivity index (χ2n) is 6.10. The molecule has 0 amide bonds. The Morgan fingerprint density at radius 3 is 2.58 bits per heavy atom. The summed E-state index contributed by atoms with van der Waals surface area (Å²) < 4.78 is 3.09. The van der Waals surface area contributed by atoms with Crippen molar-refractivity contribution in [1.29, 1.82) is 0 Å². The predicted octanol–water partition coefficient (Wildman–Crippen LogP) is 4.91. The van der Waals surface area contributed by atoms with E-state index >= 15 is 0 Å². The number of pyridine rings is 1. The highest BCUT2D eigenvalue weighted by Crippen LogP contribution is 2.45. The highest BCUT2D eigenvalue weighted by Gasteiger charge is 2.33. The lowest BCUT2D eigenvalue weighted by molar-refractivity contribution is 0.103. The molecule has 3 aromatic rings. The lowest BCUT2D eigenvalue weighted by Gasteiger charge is -2.08. The van der Waals surface area contributed by atoms with Crippen molar-refractivity contribution >= 4 is 48.5 Å². The second kappa shape index (κ2) is 5.70. The standard InChI is InChI=1S/C18H14Br2N2O2/c1-22-14-8-21-5-4-11(14)15(16(22)9-2-3-9)17(23)10-6-12(19)18(24)13(20)7-10/h4-9,24H,2-3H2,1H3. The van der Waals surface area contributed by atoms with Crippen molar-refractivity contribution < 1.29 is 9.90 Å². The van der Waals surface area contributed by atoms with Crippen LogP contribution in [0.5, 0.6) is 5.75 Å². The van der Waals surface area contributed by atoms with Gasteiger partial charge in [0.2, 0.25) is 0 Å². The molecule has 1 fully saturated rings. The number of rotatable bonds is 3. The Bertz CT molecular complexity index is 967. The summed E-state index contributed by atoms with van der Waals surface area (Å²) in [4.78, 5) is 17.5. The first-order valence-corrected chi connectivity index (χ1v) is 9.22. The number of aromatic hydroxyl groups is 1. The second-order valence-corrected chi connectivity index (χ2v) is 7.81. The summed E-state index contributed by atoms with van der Waals surface area (Å²) in [5, 5.41) is 10.8. The van der Waals surface area contributed by atoms with Crippen LogP contribution in [0.4, 0.5) is 0 Å². The third-order valence-electron chi connectivity index (χ3n) is 4.52. The number of aryl methyl sites for hydroxylation is 1. The zero-order valence-corrected chi connectivity index (χ0v) is 16.1. The third-order valence-corrected chi connectivity index (χ3v) is 5.73. The van der Waals surface area contributed by atoms with Crippen molar-refractivity contribution in [2.45, 2.75) is 18.8 Å². The number of phenolic OH excluding ortho intramolecular Hbond substituents is 1. The van der Waals surface area contributed by atoms with Gasteiger partial charge in [-0.3, -0.25) is 9.78 Å². The Balaban J connectivity index is 1.96. The molecule has 6 heteroatoms. The largest absolute Gasteiger partial charge is 0.506 e. The maximum Gasteiger partial charge on any atom is 0.195 e. The molecule has 1 saturated carbocycles. The van der Waals surface area contributed by atoms with Crippen LogP contribution in [-0.2, 0) is 7.05 Å². The van der Waals surface area contributed by atoms with Gasteiger partial charge < -0.3 is 9.67 Å². The van der Waals surface area contributed by atoms with Gasteiger partial charge in [-0.05, 0) is 62.9 Å². The van der Waals surface area contributed by atoms with E-state index in [0.29, 0.717) is 20.4 Å². The first-order valence-electron chi connectivity index (χ1n) is 7.64. The third kappa shape index (κ3) is 2.40. The zero-order valence-electron chi connectivity index (χ0n) is 12.9. The van der Waals surface area contributed by atoms with E-state index in [1.165, 1.54) is 0 Å². The van der Waals surface area contributed by atoms with E-state index < -0.39 is 0 Å². The van der Waals surface area contributed by atoms with Gasteiger partial charge in [0.25, 0.3) is 0 Å². The molecule has 0 spiro atoms. The van der Waals surface area contributed by atoms with Crippen LogP contribution in [-0.4, -0.2) is 20.4 Å². The van der Waals surface area contributed by atoms with Gasteiger partial charge in [-0.25, -0.2) is 0 Å². The van der Waals surface area contributed by atoms with Gasteiger partial charge in [-0.15, -0.1) is 0 Å². The molecule has 4 nitrogen and oxygen atoms in total. The number of hydrogen-bond donors (Lipinski definition) is 1. The molecule has 0 bridgehead atoms. The predicted molar refractivity (Wildman–Crippen MR) is 99.6 cm³/mol. The zero-order chi connectivity index (χ0) is 17.0. The maximum absolute atomic E-state index is 13.3. The van der Waals surface area contributed by atoms with Crippen LogP contribution in [0.2, 0.25) is 0 Å². The molecule has 1 N–H and O–H groups in total. The number of ketones is 1. The number of carbonyl (C=O) groups excluding carboxylic acids is 1. The van der Waals surface area contributed by atoms with Crippen molar-refractivity contribution in [2.24, 2.45) is 7.05 Å². The van der Waals surface area contributed by atoms with Crippen LogP contribution >= 0.6 is 31.9 Å². The molecular formula is C18H14Br2N2O2. The number of carbonyl (C=O) groups is 1. The number of aromatic nitrogens is 2. The topological polar surface area (TPSA) is 55.1 Å². The van der Waals surface area contributed by atoms with E-state index in [1.54, 1.807) is 24.5 Å². The summed E-state index contributed by atoms with van der Waals surface area (Å²) in [6.45, 7) is 0. The van der Waals surface area contributed by atoms with Crippen LogP contribution in [0, 0.1) is 0 Å². The molecule has 0 aliphatic heterocycles. The summed E-state index contributed by atoms with van der Waals surface area (Å²) >= 11 is 6.61. The van der Waals surface area contributed by atoms with Crippen LogP contribution in [0.15, 0.2) is 39.5 Å². The minimum atomic E-state index is -0.0323. The smallest absolute Gasteiger partial charge is 0.195 e. The summed E-state index contributed by atoms with van der Waals surface area (Å²) in [5.41, 5.74) is 3.35. The molecule has 2 heterocycles. The minimum absolute atomic E-state index is 0.0323. The quantitative estimate of drug-likeness (QED) is 0.577. The van der Waals surface area contributed by atoms with Crippen molar-refractivity contribution in [2.75, 3.05) is 0 Å². The van der Waals surface area contributed by atoms with Gasteiger partial charge in [-0.1, -0.05) is 0 Å². The lowest BCUT2D eigenvalue weighted by atomic mass is 9.99. The van der Waals surface area contributed by atoms with Crippen molar-refractivity contribution in [3.63, 3.8) is 0 Å². The normalized spacial score (nSPS) is 14.3. The van der Waals surface area contributed by atoms with Crippen LogP contribution < -0.4 is 0 Å². The number of phenols is 1. The molecule has 2 aromatic heterocycles. The maximum atomic E-state index is 13.3. The average molecular weight is 450 g/mol. The molecular weight excluding hydrogens is 436 g/mol. The highest BCUT2D eigenvalue weighted by atomic mass is 79.9. The van der Waals surface area contributed by atoms with Crippen LogP contribution in [0.1, 0.15) is 40.4 Å². The van der Waals surface area contributed by atoms with Gasteiger partial charge in [0, 0.05) is 35.8 Å². The lowest BCUT2D eigenvalue weighted by Crippen LogP contribution is -2.06. The number of hydrogen-bond acceptors (Lipinski definition) is 3. The Morgan fingerprint density at radius 1 is 1.29 bits per heavy atom. The van der Waals surface area contributed by atoms with Crippen LogP contribution in [0.25, 0.3) is 10.9 Å². The molecule has 0 atom stereocenters. The van der Waals surface area contributed by atoms with Gasteiger partial charge in [0.15, 0.2) is 5.78 Å². The van der Waals surface area contributed by atoms with E-state index in [2.05, 4.69) is 41.4 Å². The molecule has 0 unspecified atom stereocenters. The van der Waals surface area contributed by atoms with E-state index in [0.717, 1.165) is 35.0 Å². The van der Waals surface area contributed by atoms with Gasteiger partial charge in [-0.2, -0.15) is 0 Å². The number of halogens is 2. The number of fused-ring (bicyclic) bond motifs is 1. The summed E-state index contributed by atoms with van der Waals surface area (Å²) in [5.74, 6) is 0.497. The molecule has 1 aliphatic rings. The number of benzene rings is 1. The van der Waals surface area contributed by atoms with Crippen molar-refractivity contribution in [1.82, 2.24) is 9.55 Å². The fourth-order valence-electron chi connectivity index (χ4n) is 3.21. The Labute approximate surface area is 155 Å². The summed E-state index contributed by atoms with van der Waals surface area (Å²) in [7, 11) is 2.00. The molecule has 0 radical (unpaired) electrons. The van der Waals surface area contributed by atoms with Crippen molar-refractivity contribution in [3.05, 3.63) is 56.4 Å².